The van der Waals surface area contributed by atoms with E-state index >= 15 is 0 Å². The summed E-state index contributed by atoms with van der Waals surface area (Å²) >= 11 is 0. The third-order valence-corrected chi connectivity index (χ3v) is 3.99. The van der Waals surface area contributed by atoms with Gasteiger partial charge in [0, 0.05) is 31.1 Å². The lowest BCUT2D eigenvalue weighted by atomic mass is 10.1. The second-order valence-electron chi connectivity index (χ2n) is 6.03. The van der Waals surface area contributed by atoms with Crippen LogP contribution in [0.2, 0.25) is 0 Å². The predicted octanol–water partition coefficient (Wildman–Crippen LogP) is 1.59. The van der Waals surface area contributed by atoms with E-state index in [2.05, 4.69) is 10.6 Å². The first-order chi connectivity index (χ1) is 13.4. The monoisotopic (exact) mass is 388 g/mol. The first-order valence-corrected chi connectivity index (χ1v) is 8.71. The van der Waals surface area contributed by atoms with Crippen LogP contribution >= 0.6 is 0 Å². The second kappa shape index (κ2) is 10.1. The van der Waals surface area contributed by atoms with Crippen molar-refractivity contribution in [3.05, 3.63) is 47.5 Å². The number of carbonyl (C=O) groups is 2. The minimum atomic E-state index is -0.453. The van der Waals surface area contributed by atoms with Gasteiger partial charge < -0.3 is 30.3 Å². The lowest BCUT2D eigenvalue weighted by molar-refractivity contribution is -0.121. The Balaban J connectivity index is 1.72. The molecule has 0 aliphatic rings. The minimum absolute atomic E-state index is 0.136. The molecule has 0 atom stereocenters. The van der Waals surface area contributed by atoms with Gasteiger partial charge in [0.1, 0.15) is 11.5 Å². The molecule has 2 aromatic carbocycles. The lowest BCUT2D eigenvalue weighted by Crippen LogP contribution is -2.34. The number of amides is 2. The van der Waals surface area contributed by atoms with Gasteiger partial charge in [-0.1, -0.05) is 6.07 Å². The molecule has 0 saturated heterocycles. The molecule has 0 spiro atoms. The van der Waals surface area contributed by atoms with E-state index < -0.39 is 5.91 Å². The third kappa shape index (κ3) is 6.08. The molecular weight excluding hydrogens is 364 g/mol. The number of methoxy groups -OCH3 is 2. The normalized spacial score (nSPS) is 10.2. The molecule has 2 rings (SSSR count). The van der Waals surface area contributed by atoms with Gasteiger partial charge in [0.2, 0.25) is 5.91 Å². The van der Waals surface area contributed by atoms with Gasteiger partial charge in [-0.15, -0.1) is 0 Å². The summed E-state index contributed by atoms with van der Waals surface area (Å²) in [5, 5.41) is 24.1. The first-order valence-electron chi connectivity index (χ1n) is 8.71. The topological polar surface area (TPSA) is 117 Å². The Bertz CT molecular complexity index is 817. The number of phenols is 2. The number of rotatable bonds is 9. The SMILES string of the molecule is COc1ccc(CCC(=O)NCCNC(=O)c2cc(O)cc(O)c2)cc1OC. The molecule has 0 radical (unpaired) electrons. The van der Waals surface area contributed by atoms with Gasteiger partial charge >= 0.3 is 0 Å². The van der Waals surface area contributed by atoms with E-state index in [-0.39, 0.29) is 36.1 Å². The smallest absolute Gasteiger partial charge is 0.251 e. The number of phenolic OH excluding ortho intramolecular Hbond substituents is 2. The molecule has 2 amide bonds. The highest BCUT2D eigenvalue weighted by Gasteiger charge is 2.09. The van der Waals surface area contributed by atoms with Crippen LogP contribution in [-0.2, 0) is 11.2 Å². The molecule has 8 heteroatoms. The van der Waals surface area contributed by atoms with Crippen LogP contribution in [0, 0.1) is 0 Å². The van der Waals surface area contributed by atoms with E-state index in [0.29, 0.717) is 24.3 Å². The summed E-state index contributed by atoms with van der Waals surface area (Å²) in [6.07, 6.45) is 0.838. The standard InChI is InChI=1S/C20H24N2O6/c1-27-17-5-3-13(9-18(17)28-2)4-6-19(25)21-7-8-22-20(26)14-10-15(23)12-16(24)11-14/h3,5,9-12,23-24H,4,6-8H2,1-2H3,(H,21,25)(H,22,26). The zero-order valence-electron chi connectivity index (χ0n) is 15.8. The fraction of sp³-hybridized carbons (Fsp3) is 0.300. The summed E-state index contributed by atoms with van der Waals surface area (Å²) in [5.41, 5.74) is 1.09. The minimum Gasteiger partial charge on any atom is -0.508 e. The quantitative estimate of drug-likeness (QED) is 0.485. The summed E-state index contributed by atoms with van der Waals surface area (Å²) in [7, 11) is 3.12. The van der Waals surface area contributed by atoms with E-state index in [1.54, 1.807) is 20.3 Å². The van der Waals surface area contributed by atoms with Crippen molar-refractivity contribution in [1.82, 2.24) is 10.6 Å². The van der Waals surface area contributed by atoms with Crippen LogP contribution in [0.1, 0.15) is 22.3 Å². The number of aryl methyl sites for hydroxylation is 1. The molecule has 8 nitrogen and oxygen atoms in total. The highest BCUT2D eigenvalue weighted by Crippen LogP contribution is 2.27. The van der Waals surface area contributed by atoms with Crippen LogP contribution in [0.25, 0.3) is 0 Å². The first kappa shape index (κ1) is 20.9. The van der Waals surface area contributed by atoms with Crippen molar-refractivity contribution in [3.63, 3.8) is 0 Å². The maximum atomic E-state index is 12.0. The van der Waals surface area contributed by atoms with Crippen LogP contribution in [0.15, 0.2) is 36.4 Å². The van der Waals surface area contributed by atoms with Crippen molar-refractivity contribution in [3.8, 4) is 23.0 Å². The van der Waals surface area contributed by atoms with Gasteiger partial charge in [-0.3, -0.25) is 9.59 Å². The van der Waals surface area contributed by atoms with Crippen molar-refractivity contribution in [2.45, 2.75) is 12.8 Å². The van der Waals surface area contributed by atoms with Crippen LogP contribution in [0.5, 0.6) is 23.0 Å². The Kier molecular flexibility index (Phi) is 7.50. The molecular formula is C20H24N2O6. The Hall–Kier alpha value is -3.42. The van der Waals surface area contributed by atoms with Crippen molar-refractivity contribution in [2.75, 3.05) is 27.3 Å². The van der Waals surface area contributed by atoms with Crippen molar-refractivity contribution in [1.29, 1.82) is 0 Å². The van der Waals surface area contributed by atoms with Crippen molar-refractivity contribution >= 4 is 11.8 Å². The van der Waals surface area contributed by atoms with Crippen molar-refractivity contribution < 1.29 is 29.3 Å². The van der Waals surface area contributed by atoms with Gasteiger partial charge in [0.25, 0.3) is 5.91 Å². The Morgan fingerprint density at radius 1 is 0.893 bits per heavy atom. The van der Waals surface area contributed by atoms with Gasteiger partial charge in [-0.05, 0) is 36.2 Å². The molecule has 0 unspecified atom stereocenters. The third-order valence-electron chi connectivity index (χ3n) is 3.99. The molecule has 0 heterocycles. The lowest BCUT2D eigenvalue weighted by Gasteiger charge is -2.10. The molecule has 150 valence electrons. The zero-order chi connectivity index (χ0) is 20.5. The second-order valence-corrected chi connectivity index (χ2v) is 6.03. The van der Waals surface area contributed by atoms with Gasteiger partial charge in [-0.25, -0.2) is 0 Å². The molecule has 0 aliphatic carbocycles. The largest absolute Gasteiger partial charge is 0.508 e. The number of nitrogens with one attached hydrogen (secondary N) is 2. The van der Waals surface area contributed by atoms with Gasteiger partial charge in [-0.2, -0.15) is 0 Å². The zero-order valence-corrected chi connectivity index (χ0v) is 15.8. The fourth-order valence-corrected chi connectivity index (χ4v) is 2.59. The summed E-state index contributed by atoms with van der Waals surface area (Å²) in [6.45, 7) is 0.485. The number of hydrogen-bond acceptors (Lipinski definition) is 6. The van der Waals surface area contributed by atoms with Crippen molar-refractivity contribution in [2.24, 2.45) is 0 Å². The molecule has 28 heavy (non-hydrogen) atoms. The van der Waals surface area contributed by atoms with E-state index in [1.165, 1.54) is 12.1 Å². The number of aromatic hydroxyl groups is 2. The molecule has 2 aromatic rings. The van der Waals surface area contributed by atoms with E-state index in [1.807, 2.05) is 12.1 Å². The van der Waals surface area contributed by atoms with Gasteiger partial charge in [0.05, 0.1) is 14.2 Å². The fourth-order valence-electron chi connectivity index (χ4n) is 2.59. The summed E-state index contributed by atoms with van der Waals surface area (Å²) in [4.78, 5) is 23.9. The van der Waals surface area contributed by atoms with Crippen LogP contribution in [-0.4, -0.2) is 49.3 Å². The Morgan fingerprint density at radius 2 is 1.54 bits per heavy atom. The Morgan fingerprint density at radius 3 is 2.18 bits per heavy atom. The molecule has 0 aromatic heterocycles. The summed E-state index contributed by atoms with van der Waals surface area (Å²) in [5.74, 6) is 0.250. The van der Waals surface area contributed by atoms with Crippen LogP contribution in [0.4, 0.5) is 0 Å². The van der Waals surface area contributed by atoms with Crippen LogP contribution < -0.4 is 20.1 Å². The van der Waals surface area contributed by atoms with E-state index in [4.69, 9.17) is 9.47 Å². The number of hydrogen-bond donors (Lipinski definition) is 4. The summed E-state index contributed by atoms with van der Waals surface area (Å²) in [6, 6.07) is 9.13. The maximum Gasteiger partial charge on any atom is 0.251 e. The molecule has 0 bridgehead atoms. The average molecular weight is 388 g/mol. The highest BCUT2D eigenvalue weighted by molar-refractivity contribution is 5.95. The highest BCUT2D eigenvalue weighted by atomic mass is 16.5. The maximum absolute atomic E-state index is 12.0. The van der Waals surface area contributed by atoms with E-state index in [9.17, 15) is 19.8 Å². The Labute approximate surface area is 163 Å². The molecule has 4 N–H and O–H groups in total. The van der Waals surface area contributed by atoms with E-state index in [0.717, 1.165) is 11.6 Å². The van der Waals surface area contributed by atoms with Crippen LogP contribution in [0.3, 0.4) is 0 Å². The number of carbonyl (C=O) groups excluding carboxylic acids is 2. The molecule has 0 saturated carbocycles. The van der Waals surface area contributed by atoms with Gasteiger partial charge in [0.15, 0.2) is 11.5 Å². The summed E-state index contributed by atoms with van der Waals surface area (Å²) < 4.78 is 10.4. The number of benzene rings is 2. The molecule has 0 aliphatic heterocycles. The molecule has 0 fully saturated rings. The predicted molar refractivity (Wildman–Crippen MR) is 103 cm³/mol. The average Bonchev–Trinajstić information content (AvgIpc) is 2.68. The number of ether oxygens (including phenoxy) is 2.